The summed E-state index contributed by atoms with van der Waals surface area (Å²) in [6, 6.07) is 5.19. The maximum Gasteiger partial charge on any atom is 0.262 e. The highest BCUT2D eigenvalue weighted by Crippen LogP contribution is 2.29. The summed E-state index contributed by atoms with van der Waals surface area (Å²) in [6.07, 6.45) is 0. The number of furan rings is 1. The molecule has 0 aliphatic carbocycles. The van der Waals surface area contributed by atoms with Gasteiger partial charge in [-0.3, -0.25) is 4.79 Å². The van der Waals surface area contributed by atoms with Crippen molar-refractivity contribution in [3.8, 4) is 23.1 Å². The van der Waals surface area contributed by atoms with Crippen LogP contribution in [0.5, 0.6) is 11.5 Å². The number of fused-ring (bicyclic) bond motifs is 1. The molecule has 0 aliphatic heterocycles. The molecule has 2 aromatic heterocycles. The average molecular weight is 300 g/mol. The van der Waals surface area contributed by atoms with E-state index in [0.29, 0.717) is 34.0 Å². The largest absolute Gasteiger partial charge is 0.497 e. The molecule has 6 nitrogen and oxygen atoms in total. The molecule has 1 aromatic carbocycles. The lowest BCUT2D eigenvalue weighted by atomic mass is 10.2. The molecule has 2 heterocycles. The van der Waals surface area contributed by atoms with E-state index in [1.807, 2.05) is 19.9 Å². The molecule has 3 rings (SSSR count). The summed E-state index contributed by atoms with van der Waals surface area (Å²) in [5.41, 5.74) is 1.20. The number of benzene rings is 1. The fourth-order valence-electron chi connectivity index (χ4n) is 2.30. The van der Waals surface area contributed by atoms with Crippen LogP contribution in [0.2, 0.25) is 0 Å². The Balaban J connectivity index is 2.29. The van der Waals surface area contributed by atoms with Crippen LogP contribution in [0.15, 0.2) is 27.4 Å². The summed E-state index contributed by atoms with van der Waals surface area (Å²) in [5.74, 6) is 2.68. The van der Waals surface area contributed by atoms with Crippen molar-refractivity contribution < 1.29 is 13.9 Å². The van der Waals surface area contributed by atoms with Gasteiger partial charge in [-0.2, -0.15) is 0 Å². The zero-order chi connectivity index (χ0) is 15.9. The van der Waals surface area contributed by atoms with Crippen molar-refractivity contribution in [2.45, 2.75) is 13.8 Å². The number of ether oxygens (including phenoxy) is 2. The van der Waals surface area contributed by atoms with Gasteiger partial charge in [-0.25, -0.2) is 4.98 Å². The summed E-state index contributed by atoms with van der Waals surface area (Å²) >= 11 is 0. The van der Waals surface area contributed by atoms with Gasteiger partial charge >= 0.3 is 0 Å². The Morgan fingerprint density at radius 2 is 1.91 bits per heavy atom. The van der Waals surface area contributed by atoms with Crippen molar-refractivity contribution in [3.05, 3.63) is 39.9 Å². The second-order valence-corrected chi connectivity index (χ2v) is 4.99. The van der Waals surface area contributed by atoms with E-state index in [-0.39, 0.29) is 5.56 Å². The third-order valence-corrected chi connectivity index (χ3v) is 3.60. The Morgan fingerprint density at radius 3 is 2.50 bits per heavy atom. The zero-order valence-corrected chi connectivity index (χ0v) is 12.8. The molecule has 0 atom stereocenters. The summed E-state index contributed by atoms with van der Waals surface area (Å²) in [6.45, 7) is 3.80. The van der Waals surface area contributed by atoms with Gasteiger partial charge in [0, 0.05) is 12.1 Å². The highest BCUT2D eigenvalue weighted by molar-refractivity contribution is 5.86. The van der Waals surface area contributed by atoms with Crippen molar-refractivity contribution in [1.29, 1.82) is 0 Å². The Kier molecular flexibility index (Phi) is 3.36. The molecule has 0 bridgehead atoms. The number of nitrogens with zero attached hydrogens (tertiary/aromatic N) is 1. The first-order valence-electron chi connectivity index (χ1n) is 6.77. The highest BCUT2D eigenvalue weighted by atomic mass is 16.5. The molecule has 0 saturated carbocycles. The first kappa shape index (κ1) is 14.2. The van der Waals surface area contributed by atoms with Crippen LogP contribution in [0, 0.1) is 13.8 Å². The van der Waals surface area contributed by atoms with Crippen LogP contribution in [0.25, 0.3) is 22.5 Å². The molecule has 0 aliphatic rings. The number of aryl methyl sites for hydroxylation is 2. The third-order valence-electron chi connectivity index (χ3n) is 3.60. The third kappa shape index (κ3) is 2.22. The molecule has 0 spiro atoms. The van der Waals surface area contributed by atoms with Gasteiger partial charge in [0.05, 0.1) is 19.7 Å². The minimum atomic E-state index is -0.286. The minimum Gasteiger partial charge on any atom is -0.497 e. The summed E-state index contributed by atoms with van der Waals surface area (Å²) < 4.78 is 16.1. The van der Waals surface area contributed by atoms with Crippen LogP contribution in [0.4, 0.5) is 0 Å². The number of aromatic amines is 1. The van der Waals surface area contributed by atoms with Crippen molar-refractivity contribution in [2.75, 3.05) is 14.2 Å². The smallest absolute Gasteiger partial charge is 0.262 e. The average Bonchev–Trinajstić information content (AvgIpc) is 2.85. The zero-order valence-electron chi connectivity index (χ0n) is 12.8. The van der Waals surface area contributed by atoms with Crippen LogP contribution < -0.4 is 15.0 Å². The lowest BCUT2D eigenvalue weighted by Crippen LogP contribution is -2.10. The number of rotatable bonds is 3. The highest BCUT2D eigenvalue weighted by Gasteiger charge is 2.15. The van der Waals surface area contributed by atoms with E-state index >= 15 is 0 Å². The Labute approximate surface area is 126 Å². The van der Waals surface area contributed by atoms with E-state index in [9.17, 15) is 4.79 Å². The first-order valence-corrected chi connectivity index (χ1v) is 6.77. The maximum atomic E-state index is 12.4. The molecule has 3 aromatic rings. The minimum absolute atomic E-state index is 0.286. The summed E-state index contributed by atoms with van der Waals surface area (Å²) in [5, 5.41) is 0.382. The molecule has 0 saturated heterocycles. The molecule has 1 N–H and O–H groups in total. The Hall–Kier alpha value is -2.76. The van der Waals surface area contributed by atoms with E-state index in [4.69, 9.17) is 13.9 Å². The van der Waals surface area contributed by atoms with Crippen LogP contribution in [-0.2, 0) is 0 Å². The van der Waals surface area contributed by atoms with Crippen LogP contribution >= 0.6 is 0 Å². The van der Waals surface area contributed by atoms with Gasteiger partial charge in [-0.05, 0) is 25.5 Å². The molecule has 22 heavy (non-hydrogen) atoms. The number of aromatic nitrogens is 2. The van der Waals surface area contributed by atoms with Gasteiger partial charge in [0.1, 0.15) is 22.6 Å². The molecule has 6 heteroatoms. The Morgan fingerprint density at radius 1 is 1.14 bits per heavy atom. The molecule has 0 unspecified atom stereocenters. The molecule has 0 fully saturated rings. The van der Waals surface area contributed by atoms with E-state index in [2.05, 4.69) is 9.97 Å². The van der Waals surface area contributed by atoms with Crippen molar-refractivity contribution in [1.82, 2.24) is 9.97 Å². The van der Waals surface area contributed by atoms with Crippen molar-refractivity contribution in [3.63, 3.8) is 0 Å². The number of hydrogen-bond acceptors (Lipinski definition) is 5. The molecule has 0 amide bonds. The molecular weight excluding hydrogens is 284 g/mol. The second-order valence-electron chi connectivity index (χ2n) is 4.99. The standard InChI is InChI=1S/C16H16N2O4/c1-8-5-13(22-9(8)2)15-17-11-6-10(20-3)7-12(21-4)14(11)16(19)18-15/h5-7H,1-4H3,(H,17,18,19). The fourth-order valence-corrected chi connectivity index (χ4v) is 2.30. The van der Waals surface area contributed by atoms with E-state index < -0.39 is 0 Å². The quantitative estimate of drug-likeness (QED) is 0.804. The van der Waals surface area contributed by atoms with E-state index in [1.165, 1.54) is 7.11 Å². The molecular formula is C16H16N2O4. The number of methoxy groups -OCH3 is 2. The monoisotopic (exact) mass is 300 g/mol. The topological polar surface area (TPSA) is 77.4 Å². The SMILES string of the molecule is COc1cc(OC)c2c(=O)[nH]c(-c3cc(C)c(C)o3)nc2c1. The fraction of sp³-hybridized carbons (Fsp3) is 0.250. The van der Waals surface area contributed by atoms with E-state index in [1.54, 1.807) is 19.2 Å². The predicted molar refractivity (Wildman–Crippen MR) is 82.6 cm³/mol. The number of H-pyrrole nitrogens is 1. The van der Waals surface area contributed by atoms with Crippen LogP contribution in [-0.4, -0.2) is 24.2 Å². The van der Waals surface area contributed by atoms with Gasteiger partial charge < -0.3 is 18.9 Å². The van der Waals surface area contributed by atoms with Gasteiger partial charge in [-0.1, -0.05) is 0 Å². The number of hydrogen-bond donors (Lipinski definition) is 1. The Bertz CT molecular complexity index is 889. The predicted octanol–water partition coefficient (Wildman–Crippen LogP) is 2.82. The van der Waals surface area contributed by atoms with E-state index in [0.717, 1.165) is 11.3 Å². The maximum absolute atomic E-state index is 12.4. The van der Waals surface area contributed by atoms with Gasteiger partial charge in [-0.15, -0.1) is 0 Å². The summed E-state index contributed by atoms with van der Waals surface area (Å²) in [4.78, 5) is 19.6. The lowest BCUT2D eigenvalue weighted by Gasteiger charge is -2.08. The summed E-state index contributed by atoms with van der Waals surface area (Å²) in [7, 11) is 3.05. The van der Waals surface area contributed by atoms with Gasteiger partial charge in [0.2, 0.25) is 0 Å². The van der Waals surface area contributed by atoms with Gasteiger partial charge in [0.25, 0.3) is 5.56 Å². The normalized spacial score (nSPS) is 10.9. The van der Waals surface area contributed by atoms with Gasteiger partial charge in [0.15, 0.2) is 11.6 Å². The van der Waals surface area contributed by atoms with Crippen LogP contribution in [0.1, 0.15) is 11.3 Å². The molecule has 0 radical (unpaired) electrons. The van der Waals surface area contributed by atoms with Crippen molar-refractivity contribution >= 4 is 10.9 Å². The first-order chi connectivity index (χ1) is 10.5. The van der Waals surface area contributed by atoms with Crippen molar-refractivity contribution in [2.24, 2.45) is 0 Å². The lowest BCUT2D eigenvalue weighted by molar-refractivity contribution is 0.397. The number of nitrogens with one attached hydrogen (secondary N) is 1. The second kappa shape index (κ2) is 5.22. The molecule has 114 valence electrons. The van der Waals surface area contributed by atoms with Crippen LogP contribution in [0.3, 0.4) is 0 Å².